The highest BCUT2D eigenvalue weighted by atomic mass is 19.4. The maximum Gasteiger partial charge on any atom is 0.408 e. The standard InChI is InChI=1S/C26H32F4N4O4/c1-13(22(35)32-12-26(28,29)30)17-10-18(27)19(9-16(17)11-31)33-23(36)21(34-24(37)38-25(2,3)4)20(14-5-6-14)15-7-8-15/h9-10,13-15,20-21H,5-8,12H2,1-4H3,(H,32,35)(H,33,36)(H,34,37). The number of halogens is 4. The van der Waals surface area contributed by atoms with E-state index in [9.17, 15) is 32.8 Å². The van der Waals surface area contributed by atoms with Crippen LogP contribution in [0.4, 0.5) is 28.0 Å². The van der Waals surface area contributed by atoms with E-state index < -0.39 is 54.0 Å². The Hall–Kier alpha value is -3.36. The van der Waals surface area contributed by atoms with E-state index in [-0.39, 0.29) is 34.6 Å². The molecule has 0 spiro atoms. The van der Waals surface area contributed by atoms with Gasteiger partial charge in [0.05, 0.1) is 23.2 Å². The van der Waals surface area contributed by atoms with Gasteiger partial charge in [-0.05, 0) is 88.8 Å². The van der Waals surface area contributed by atoms with Gasteiger partial charge in [-0.3, -0.25) is 9.59 Å². The van der Waals surface area contributed by atoms with E-state index in [0.717, 1.165) is 37.8 Å². The third-order valence-corrected chi connectivity index (χ3v) is 6.51. The average Bonchev–Trinajstić information content (AvgIpc) is 3.71. The van der Waals surface area contributed by atoms with Crippen LogP contribution in [0.25, 0.3) is 0 Å². The van der Waals surface area contributed by atoms with Gasteiger partial charge in [0.15, 0.2) is 0 Å². The summed E-state index contributed by atoms with van der Waals surface area (Å²) >= 11 is 0. The number of carbonyl (C=O) groups excluding carboxylic acids is 3. The summed E-state index contributed by atoms with van der Waals surface area (Å²) in [6.07, 6.45) is -1.76. The molecule has 2 aliphatic carbocycles. The molecule has 0 radical (unpaired) electrons. The van der Waals surface area contributed by atoms with Crippen LogP contribution < -0.4 is 16.0 Å². The van der Waals surface area contributed by atoms with Crippen molar-refractivity contribution in [3.05, 3.63) is 29.1 Å². The molecule has 208 valence electrons. The quantitative estimate of drug-likeness (QED) is 0.391. The number of nitrogens with zero attached hydrogens (tertiary/aromatic N) is 1. The molecule has 0 aromatic heterocycles. The Kier molecular flexibility index (Phi) is 8.58. The number of alkyl carbamates (subject to hydrolysis) is 1. The van der Waals surface area contributed by atoms with Gasteiger partial charge in [-0.2, -0.15) is 18.4 Å². The number of nitriles is 1. The van der Waals surface area contributed by atoms with E-state index in [1.54, 1.807) is 32.2 Å². The molecule has 12 heteroatoms. The fourth-order valence-corrected chi connectivity index (χ4v) is 4.49. The summed E-state index contributed by atoms with van der Waals surface area (Å²) < 4.78 is 57.8. The average molecular weight is 541 g/mol. The Morgan fingerprint density at radius 3 is 2.13 bits per heavy atom. The molecule has 3 N–H and O–H groups in total. The van der Waals surface area contributed by atoms with Crippen molar-refractivity contribution in [3.8, 4) is 6.07 Å². The lowest BCUT2D eigenvalue weighted by Gasteiger charge is -2.29. The third-order valence-electron chi connectivity index (χ3n) is 6.51. The molecule has 2 unspecified atom stereocenters. The van der Waals surface area contributed by atoms with Crippen molar-refractivity contribution in [2.24, 2.45) is 17.8 Å². The molecule has 0 bridgehead atoms. The molecule has 38 heavy (non-hydrogen) atoms. The molecule has 8 nitrogen and oxygen atoms in total. The van der Waals surface area contributed by atoms with Crippen molar-refractivity contribution in [1.29, 1.82) is 5.26 Å². The number of hydrogen-bond acceptors (Lipinski definition) is 5. The summed E-state index contributed by atoms with van der Waals surface area (Å²) in [6, 6.07) is 2.68. The molecule has 2 fully saturated rings. The first-order chi connectivity index (χ1) is 17.6. The van der Waals surface area contributed by atoms with Crippen LogP contribution in [0.15, 0.2) is 12.1 Å². The largest absolute Gasteiger partial charge is 0.444 e. The van der Waals surface area contributed by atoms with E-state index in [1.165, 1.54) is 6.92 Å². The molecule has 0 saturated heterocycles. The van der Waals surface area contributed by atoms with Gasteiger partial charge in [0, 0.05) is 0 Å². The Balaban J connectivity index is 1.82. The van der Waals surface area contributed by atoms with Crippen LogP contribution in [-0.2, 0) is 14.3 Å². The highest BCUT2D eigenvalue weighted by Gasteiger charge is 2.48. The molecule has 3 amide bonds. The van der Waals surface area contributed by atoms with Gasteiger partial charge in [0.1, 0.15) is 24.0 Å². The first-order valence-electron chi connectivity index (χ1n) is 12.5. The molecular weight excluding hydrogens is 508 g/mol. The number of alkyl halides is 3. The minimum atomic E-state index is -4.63. The summed E-state index contributed by atoms with van der Waals surface area (Å²) in [6.45, 7) is 4.74. The Morgan fingerprint density at radius 2 is 1.66 bits per heavy atom. The molecule has 1 aromatic carbocycles. The molecule has 1 aromatic rings. The number of ether oxygens (including phenoxy) is 1. The highest BCUT2D eigenvalue weighted by molar-refractivity contribution is 5.97. The number of benzene rings is 1. The fourth-order valence-electron chi connectivity index (χ4n) is 4.49. The minimum Gasteiger partial charge on any atom is -0.444 e. The van der Waals surface area contributed by atoms with Crippen molar-refractivity contribution in [1.82, 2.24) is 10.6 Å². The van der Waals surface area contributed by atoms with Crippen LogP contribution in [0.2, 0.25) is 0 Å². The maximum absolute atomic E-state index is 15.1. The van der Waals surface area contributed by atoms with Gasteiger partial charge in [0.25, 0.3) is 0 Å². The van der Waals surface area contributed by atoms with Crippen molar-refractivity contribution in [3.63, 3.8) is 0 Å². The Morgan fingerprint density at radius 1 is 1.08 bits per heavy atom. The summed E-state index contributed by atoms with van der Waals surface area (Å²) in [4.78, 5) is 38.1. The van der Waals surface area contributed by atoms with E-state index in [0.29, 0.717) is 0 Å². The fraction of sp³-hybridized carbons (Fsp3) is 0.615. The van der Waals surface area contributed by atoms with Crippen LogP contribution in [0, 0.1) is 34.9 Å². The molecule has 2 aliphatic rings. The summed E-state index contributed by atoms with van der Waals surface area (Å²) in [5.41, 5.74) is -1.46. The van der Waals surface area contributed by atoms with Gasteiger partial charge in [-0.15, -0.1) is 0 Å². The zero-order chi connectivity index (χ0) is 28.4. The third kappa shape index (κ3) is 8.07. The van der Waals surface area contributed by atoms with Crippen LogP contribution in [0.1, 0.15) is 70.4 Å². The Bertz CT molecular complexity index is 1110. The van der Waals surface area contributed by atoms with E-state index in [1.807, 2.05) is 0 Å². The summed E-state index contributed by atoms with van der Waals surface area (Å²) in [5.74, 6) is -3.62. The van der Waals surface area contributed by atoms with Crippen molar-refractivity contribution in [2.75, 3.05) is 11.9 Å². The zero-order valence-corrected chi connectivity index (χ0v) is 21.7. The lowest BCUT2D eigenvalue weighted by atomic mass is 9.88. The Labute approximate surface area is 218 Å². The molecular formula is C26H32F4N4O4. The number of amides is 3. The van der Waals surface area contributed by atoms with Gasteiger partial charge >= 0.3 is 12.3 Å². The number of carbonyl (C=O) groups is 3. The lowest BCUT2D eigenvalue weighted by Crippen LogP contribution is -2.51. The smallest absolute Gasteiger partial charge is 0.408 e. The van der Waals surface area contributed by atoms with Crippen molar-refractivity contribution >= 4 is 23.6 Å². The minimum absolute atomic E-state index is 0.125. The summed E-state index contributed by atoms with van der Waals surface area (Å²) in [7, 11) is 0. The predicted molar refractivity (Wildman–Crippen MR) is 129 cm³/mol. The highest BCUT2D eigenvalue weighted by Crippen LogP contribution is 2.51. The first-order valence-corrected chi connectivity index (χ1v) is 12.5. The predicted octanol–water partition coefficient (Wildman–Crippen LogP) is 4.75. The molecule has 3 rings (SSSR count). The number of rotatable bonds is 9. The topological polar surface area (TPSA) is 120 Å². The van der Waals surface area contributed by atoms with Crippen LogP contribution in [-0.4, -0.2) is 42.3 Å². The first kappa shape index (κ1) is 29.2. The normalized spacial score (nSPS) is 17.3. The monoisotopic (exact) mass is 540 g/mol. The summed E-state index contributed by atoms with van der Waals surface area (Å²) in [5, 5.41) is 16.4. The van der Waals surface area contributed by atoms with E-state index in [2.05, 4.69) is 10.6 Å². The second-order valence-electron chi connectivity index (χ2n) is 11.0. The van der Waals surface area contributed by atoms with Gasteiger partial charge in [-0.25, -0.2) is 9.18 Å². The van der Waals surface area contributed by atoms with Crippen LogP contribution in [0.3, 0.4) is 0 Å². The van der Waals surface area contributed by atoms with Crippen molar-refractivity contribution < 1.29 is 36.7 Å². The maximum atomic E-state index is 15.1. The van der Waals surface area contributed by atoms with E-state index in [4.69, 9.17) is 4.74 Å². The van der Waals surface area contributed by atoms with Gasteiger partial charge in [-0.1, -0.05) is 0 Å². The molecule has 0 heterocycles. The number of anilines is 1. The van der Waals surface area contributed by atoms with Crippen molar-refractivity contribution in [2.45, 2.75) is 77.1 Å². The number of hydrogen-bond donors (Lipinski definition) is 3. The lowest BCUT2D eigenvalue weighted by molar-refractivity contribution is -0.139. The molecule has 0 aliphatic heterocycles. The molecule has 2 atom stereocenters. The second kappa shape index (κ2) is 11.2. The van der Waals surface area contributed by atoms with Gasteiger partial charge < -0.3 is 20.7 Å². The SMILES string of the molecule is CC(C(=O)NCC(F)(F)F)c1cc(F)c(NC(=O)C(NC(=O)OC(C)(C)C)C(C2CC2)C2CC2)cc1C#N. The second-order valence-corrected chi connectivity index (χ2v) is 11.0. The van der Waals surface area contributed by atoms with Crippen LogP contribution >= 0.6 is 0 Å². The molecule has 2 saturated carbocycles. The van der Waals surface area contributed by atoms with E-state index >= 15 is 4.39 Å². The van der Waals surface area contributed by atoms with Crippen LogP contribution in [0.5, 0.6) is 0 Å². The number of nitrogens with one attached hydrogen (secondary N) is 3. The van der Waals surface area contributed by atoms with Gasteiger partial charge in [0.2, 0.25) is 11.8 Å². The zero-order valence-electron chi connectivity index (χ0n) is 21.7.